The van der Waals surface area contributed by atoms with E-state index in [1.165, 1.54) is 0 Å². The molecule has 0 aromatic carbocycles. The van der Waals surface area contributed by atoms with Gasteiger partial charge in [0.15, 0.2) is 0 Å². The van der Waals surface area contributed by atoms with E-state index in [0.717, 1.165) is 0 Å². The van der Waals surface area contributed by atoms with Gasteiger partial charge in [-0.1, -0.05) is 0 Å². The summed E-state index contributed by atoms with van der Waals surface area (Å²) in [6, 6.07) is 0. The molecule has 4 nitrogen and oxygen atoms in total. The second kappa shape index (κ2) is 1.04. The fourth-order valence-electron chi connectivity index (χ4n) is 0. The molecule has 0 fully saturated rings. The van der Waals surface area contributed by atoms with Crippen molar-refractivity contribution in [3.05, 3.63) is 0 Å². The summed E-state index contributed by atoms with van der Waals surface area (Å²) in [7, 11) is 0. The maximum absolute atomic E-state index is 7.99. The van der Waals surface area contributed by atoms with E-state index in [2.05, 4.69) is 22.2 Å². The molecule has 0 unspecified atom stereocenters. The van der Waals surface area contributed by atoms with Crippen LogP contribution in [0.5, 0.6) is 0 Å². The molecular weight excluding hydrogens is 126 g/mol. The Hall–Kier alpha value is 0.560. The normalized spacial score (nSPS) is 19.2. The van der Waals surface area contributed by atoms with Crippen molar-refractivity contribution in [3.63, 3.8) is 0 Å². The third-order valence-electron chi connectivity index (χ3n) is 0. The molecule has 6 heteroatoms. The van der Waals surface area contributed by atoms with E-state index < -0.39 is 6.71 Å². The van der Waals surface area contributed by atoms with Crippen LogP contribution in [0.15, 0.2) is 0 Å². The molecule has 0 heterocycles. The molecule has 0 spiro atoms. The van der Waals surface area contributed by atoms with Gasteiger partial charge in [0.1, 0.15) is 0 Å². The van der Waals surface area contributed by atoms with E-state index in [0.29, 0.717) is 0 Å². The van der Waals surface area contributed by atoms with Crippen LogP contribution < -0.4 is 11.0 Å². The van der Waals surface area contributed by atoms with Crippen molar-refractivity contribution in [2.24, 2.45) is 11.0 Å². The molecule has 0 saturated heterocycles. The Balaban J connectivity index is 3.73. The molecule has 0 atom stereocenters. The Labute approximate surface area is 39.7 Å². The topological polar surface area (TPSA) is 92.5 Å². The van der Waals surface area contributed by atoms with Gasteiger partial charge in [0.25, 0.3) is 0 Å². The molecule has 0 rings (SSSR count). The van der Waals surface area contributed by atoms with Crippen molar-refractivity contribution in [1.29, 1.82) is 0 Å². The quantitative estimate of drug-likeness (QED) is 0.327. The SMILES string of the molecule is NP(N)(O)(O)Cl. The molecule has 0 aromatic rings. The summed E-state index contributed by atoms with van der Waals surface area (Å²) < 4.78 is 0. The van der Waals surface area contributed by atoms with Gasteiger partial charge < -0.3 is 0 Å². The average molecular weight is 132 g/mol. The first-order chi connectivity index (χ1) is 2.24. The van der Waals surface area contributed by atoms with Gasteiger partial charge in [-0.15, -0.1) is 0 Å². The fourth-order valence-corrected chi connectivity index (χ4v) is 0. The summed E-state index contributed by atoms with van der Waals surface area (Å²) >= 11 is 4.58. The van der Waals surface area contributed by atoms with E-state index in [4.69, 9.17) is 9.79 Å². The molecule has 0 saturated carbocycles. The van der Waals surface area contributed by atoms with E-state index in [1.54, 1.807) is 0 Å². The molecule has 0 radical (unpaired) electrons. The van der Waals surface area contributed by atoms with Crippen LogP contribution in [0.3, 0.4) is 0 Å². The van der Waals surface area contributed by atoms with Crippen LogP contribution in [-0.2, 0) is 0 Å². The van der Waals surface area contributed by atoms with Crippen LogP contribution in [0.25, 0.3) is 0 Å². The van der Waals surface area contributed by atoms with Crippen molar-refractivity contribution in [3.8, 4) is 0 Å². The molecular formula is H6ClN2O2P. The van der Waals surface area contributed by atoms with Gasteiger partial charge >= 0.3 is 38.7 Å². The Morgan fingerprint density at radius 1 is 1.33 bits per heavy atom. The minimum atomic E-state index is -4.58. The monoisotopic (exact) mass is 132 g/mol. The minimum absolute atomic E-state index is 4.38. The molecule has 0 aliphatic heterocycles. The number of hydrogen-bond donors (Lipinski definition) is 4. The average Bonchev–Trinajstić information content (AvgIpc) is 0.650. The molecule has 0 aromatic heterocycles. The summed E-state index contributed by atoms with van der Waals surface area (Å²) in [5.74, 6) is 0. The molecule has 0 aliphatic rings. The Kier molecular flexibility index (Phi) is 1.13. The van der Waals surface area contributed by atoms with Gasteiger partial charge in [-0.3, -0.25) is 0 Å². The summed E-state index contributed by atoms with van der Waals surface area (Å²) in [5.41, 5.74) is 8.76. The summed E-state index contributed by atoms with van der Waals surface area (Å²) in [6.07, 6.45) is 0. The summed E-state index contributed by atoms with van der Waals surface area (Å²) in [5, 5.41) is 0. The van der Waals surface area contributed by atoms with Gasteiger partial charge in [-0.05, 0) is 0 Å². The number of rotatable bonds is 0. The third-order valence-corrected chi connectivity index (χ3v) is 0. The second-order valence-corrected chi connectivity index (χ2v) is 5.22. The van der Waals surface area contributed by atoms with Crippen LogP contribution in [0.1, 0.15) is 0 Å². The van der Waals surface area contributed by atoms with E-state index in [1.807, 2.05) is 0 Å². The zero-order chi connectivity index (χ0) is 5.45. The molecule has 40 valence electrons. The van der Waals surface area contributed by atoms with Crippen molar-refractivity contribution >= 4 is 18.0 Å². The van der Waals surface area contributed by atoms with Crippen molar-refractivity contribution in [2.75, 3.05) is 0 Å². The van der Waals surface area contributed by atoms with Crippen LogP contribution in [0.2, 0.25) is 0 Å². The van der Waals surface area contributed by atoms with Gasteiger partial charge in [-0.2, -0.15) is 0 Å². The van der Waals surface area contributed by atoms with Gasteiger partial charge in [0.2, 0.25) is 0 Å². The number of halogens is 1. The van der Waals surface area contributed by atoms with Crippen LogP contribution >= 0.6 is 18.0 Å². The van der Waals surface area contributed by atoms with Crippen LogP contribution in [0.4, 0.5) is 0 Å². The van der Waals surface area contributed by atoms with E-state index in [-0.39, 0.29) is 0 Å². The molecule has 6 heavy (non-hydrogen) atoms. The number of hydrogen-bond acceptors (Lipinski definition) is 4. The van der Waals surface area contributed by atoms with Crippen molar-refractivity contribution in [2.45, 2.75) is 0 Å². The Morgan fingerprint density at radius 3 is 1.33 bits per heavy atom. The standard InChI is InChI=1S/ClH6N2O2P/c1-6(2,3,4)5/h4-5H,2-3H2. The summed E-state index contributed by atoms with van der Waals surface area (Å²) in [6.45, 7) is -4.58. The molecule has 0 amide bonds. The number of nitrogens with two attached hydrogens (primary N) is 2. The third kappa shape index (κ3) is 184. The van der Waals surface area contributed by atoms with Crippen molar-refractivity contribution in [1.82, 2.24) is 0 Å². The first-order valence-electron chi connectivity index (χ1n) is 1.09. The Morgan fingerprint density at radius 2 is 1.33 bits per heavy atom. The molecule has 6 N–H and O–H groups in total. The zero-order valence-corrected chi connectivity index (χ0v) is 4.52. The predicted octanol–water partition coefficient (Wildman–Crippen LogP) is -0.744. The summed E-state index contributed by atoms with van der Waals surface area (Å²) in [4.78, 5) is 16.0. The molecule has 0 aliphatic carbocycles. The van der Waals surface area contributed by atoms with E-state index in [9.17, 15) is 0 Å². The van der Waals surface area contributed by atoms with Gasteiger partial charge in [0, 0.05) is 0 Å². The first-order valence-corrected chi connectivity index (χ1v) is 4.27. The van der Waals surface area contributed by atoms with Gasteiger partial charge in [-0.25, -0.2) is 0 Å². The molecule has 0 bridgehead atoms. The van der Waals surface area contributed by atoms with Crippen LogP contribution in [-0.4, -0.2) is 9.79 Å². The van der Waals surface area contributed by atoms with E-state index >= 15 is 0 Å². The fraction of sp³-hybridized carbons (Fsp3) is 0. The second-order valence-electron chi connectivity index (χ2n) is 1.05. The predicted molar refractivity (Wildman–Crippen MR) is 25.6 cm³/mol. The van der Waals surface area contributed by atoms with Crippen LogP contribution in [0, 0.1) is 0 Å². The maximum atomic E-state index is 7.99. The van der Waals surface area contributed by atoms with Crippen molar-refractivity contribution < 1.29 is 9.79 Å². The Bertz CT molecular complexity index is 44.7. The van der Waals surface area contributed by atoms with Gasteiger partial charge in [0.05, 0.1) is 0 Å². The zero-order valence-electron chi connectivity index (χ0n) is 2.87. The first kappa shape index (κ1) is 6.56.